The van der Waals surface area contributed by atoms with Crippen LogP contribution in [0.4, 0.5) is 23.1 Å². The lowest BCUT2D eigenvalue weighted by atomic mass is 9.95. The van der Waals surface area contributed by atoms with E-state index < -0.39 is 0 Å². The molecular weight excluding hydrogens is 480 g/mol. The number of carbonyl (C=O) groups excluding carboxylic acids is 1. The van der Waals surface area contributed by atoms with Crippen LogP contribution in [0, 0.1) is 0 Å². The van der Waals surface area contributed by atoms with Gasteiger partial charge in [-0.25, -0.2) is 4.98 Å². The van der Waals surface area contributed by atoms with Gasteiger partial charge in [-0.05, 0) is 49.9 Å². The largest absolute Gasteiger partial charge is 0.378 e. The topological polar surface area (TPSA) is 100 Å². The summed E-state index contributed by atoms with van der Waals surface area (Å²) in [4.78, 5) is 30.8. The van der Waals surface area contributed by atoms with Crippen molar-refractivity contribution in [1.82, 2.24) is 24.4 Å². The van der Waals surface area contributed by atoms with E-state index in [9.17, 15) is 4.79 Å². The quantitative estimate of drug-likeness (QED) is 0.404. The Balaban J connectivity index is 1.21. The van der Waals surface area contributed by atoms with Gasteiger partial charge in [0.2, 0.25) is 11.9 Å². The Bertz CT molecular complexity index is 1230. The molecule has 0 unspecified atom stereocenters. The number of nitrogens with one attached hydrogen (secondary N) is 2. The standard InChI is InChI=1S/C28H38N8O2/c37-24-8-4-14-35(24)15-5-13-29-26-25-27(36(20-30-25)23-6-2-1-3-7-23)33-28(32-26)31-21-9-11-22(12-10-21)34-16-18-38-19-17-34/h9-12,20,23H,1-8,13-19H2,(H2,29,31,32,33). The molecule has 202 valence electrons. The first-order chi connectivity index (χ1) is 18.7. The highest BCUT2D eigenvalue weighted by Crippen LogP contribution is 2.32. The highest BCUT2D eigenvalue weighted by molar-refractivity contribution is 5.85. The van der Waals surface area contributed by atoms with Gasteiger partial charge in [0, 0.05) is 56.6 Å². The van der Waals surface area contributed by atoms with Gasteiger partial charge >= 0.3 is 0 Å². The Morgan fingerprint density at radius 3 is 2.55 bits per heavy atom. The van der Waals surface area contributed by atoms with Gasteiger partial charge in [0.15, 0.2) is 17.0 Å². The van der Waals surface area contributed by atoms with Crippen LogP contribution in [0.15, 0.2) is 30.6 Å². The number of aromatic nitrogens is 4. The molecule has 0 radical (unpaired) electrons. The number of morpholine rings is 1. The number of likely N-dealkylation sites (tertiary alicyclic amines) is 1. The SMILES string of the molecule is O=C1CCCN1CCCNc1nc(Nc2ccc(N3CCOCC3)cc2)nc2c1ncn2C1CCCCC1. The molecule has 10 nitrogen and oxygen atoms in total. The number of amides is 1. The van der Waals surface area contributed by atoms with Crippen LogP contribution in [0.1, 0.15) is 57.4 Å². The molecule has 6 rings (SSSR count). The highest BCUT2D eigenvalue weighted by atomic mass is 16.5. The molecule has 3 aliphatic rings. The minimum atomic E-state index is 0.270. The Morgan fingerprint density at radius 2 is 1.79 bits per heavy atom. The number of rotatable bonds is 9. The van der Waals surface area contributed by atoms with Gasteiger partial charge in [0.25, 0.3) is 0 Å². The number of nitrogens with zero attached hydrogens (tertiary/aromatic N) is 6. The number of imidazole rings is 1. The summed E-state index contributed by atoms with van der Waals surface area (Å²) in [5, 5.41) is 6.93. The predicted molar refractivity (Wildman–Crippen MR) is 149 cm³/mol. The summed E-state index contributed by atoms with van der Waals surface area (Å²) in [6, 6.07) is 8.86. The van der Waals surface area contributed by atoms with Gasteiger partial charge < -0.3 is 29.7 Å². The molecule has 10 heteroatoms. The van der Waals surface area contributed by atoms with Crippen molar-refractivity contribution >= 4 is 40.2 Å². The van der Waals surface area contributed by atoms with Crippen molar-refractivity contribution in [2.45, 2.75) is 57.4 Å². The van der Waals surface area contributed by atoms with Crippen molar-refractivity contribution in [3.8, 4) is 0 Å². The second-order valence-corrected chi connectivity index (χ2v) is 10.5. The molecule has 4 heterocycles. The molecule has 0 atom stereocenters. The second kappa shape index (κ2) is 11.6. The van der Waals surface area contributed by atoms with Crippen molar-refractivity contribution in [1.29, 1.82) is 0 Å². The molecule has 0 spiro atoms. The lowest BCUT2D eigenvalue weighted by Crippen LogP contribution is -2.36. The number of anilines is 4. The van der Waals surface area contributed by atoms with Gasteiger partial charge in [-0.1, -0.05) is 19.3 Å². The number of ether oxygens (including phenoxy) is 1. The zero-order chi connectivity index (χ0) is 25.7. The second-order valence-electron chi connectivity index (χ2n) is 10.5. The first-order valence-electron chi connectivity index (χ1n) is 14.2. The van der Waals surface area contributed by atoms with Gasteiger partial charge in [0.05, 0.1) is 19.5 Å². The van der Waals surface area contributed by atoms with Crippen LogP contribution in [-0.2, 0) is 9.53 Å². The van der Waals surface area contributed by atoms with Crippen LogP contribution in [0.5, 0.6) is 0 Å². The third-order valence-electron chi connectivity index (χ3n) is 7.96. The van der Waals surface area contributed by atoms with Crippen LogP contribution in [0.25, 0.3) is 11.2 Å². The summed E-state index contributed by atoms with van der Waals surface area (Å²) >= 11 is 0. The Kier molecular flexibility index (Phi) is 7.57. The summed E-state index contributed by atoms with van der Waals surface area (Å²) in [6.07, 6.45) is 10.6. The van der Waals surface area contributed by atoms with Crippen LogP contribution >= 0.6 is 0 Å². The molecule has 3 aromatic rings. The average Bonchev–Trinajstić information content (AvgIpc) is 3.58. The Morgan fingerprint density at radius 1 is 0.974 bits per heavy atom. The summed E-state index contributed by atoms with van der Waals surface area (Å²) in [7, 11) is 0. The molecule has 1 amide bonds. The summed E-state index contributed by atoms with van der Waals surface area (Å²) < 4.78 is 7.73. The van der Waals surface area contributed by atoms with E-state index in [1.807, 2.05) is 11.2 Å². The van der Waals surface area contributed by atoms with Crippen molar-refractivity contribution in [2.24, 2.45) is 0 Å². The van der Waals surface area contributed by atoms with E-state index in [4.69, 9.17) is 19.7 Å². The maximum absolute atomic E-state index is 12.0. The van der Waals surface area contributed by atoms with E-state index in [2.05, 4.69) is 44.4 Å². The fraction of sp³-hybridized carbons (Fsp3) is 0.571. The smallest absolute Gasteiger partial charge is 0.231 e. The molecule has 2 saturated heterocycles. The van der Waals surface area contributed by atoms with Crippen LogP contribution in [-0.4, -0.2) is 76.3 Å². The molecular formula is C28H38N8O2. The molecule has 1 aromatic carbocycles. The first kappa shape index (κ1) is 24.9. The van der Waals surface area contributed by atoms with Crippen molar-refractivity contribution in [3.05, 3.63) is 30.6 Å². The van der Waals surface area contributed by atoms with Gasteiger partial charge in [-0.3, -0.25) is 4.79 Å². The van der Waals surface area contributed by atoms with Gasteiger partial charge in [0.1, 0.15) is 0 Å². The summed E-state index contributed by atoms with van der Waals surface area (Å²) in [5.41, 5.74) is 3.82. The molecule has 2 aliphatic heterocycles. The van der Waals surface area contributed by atoms with Crippen molar-refractivity contribution < 1.29 is 9.53 Å². The maximum atomic E-state index is 12.0. The van der Waals surface area contributed by atoms with Crippen molar-refractivity contribution in [2.75, 3.05) is 61.5 Å². The maximum Gasteiger partial charge on any atom is 0.231 e. The number of hydrogen-bond acceptors (Lipinski definition) is 8. The van der Waals surface area contributed by atoms with Crippen LogP contribution in [0.2, 0.25) is 0 Å². The van der Waals surface area contributed by atoms with E-state index in [1.54, 1.807) is 0 Å². The van der Waals surface area contributed by atoms with E-state index in [1.165, 1.54) is 24.9 Å². The molecule has 3 fully saturated rings. The Hall–Kier alpha value is -3.40. The lowest BCUT2D eigenvalue weighted by molar-refractivity contribution is -0.127. The molecule has 2 aromatic heterocycles. The van der Waals surface area contributed by atoms with Gasteiger partial charge in [-0.15, -0.1) is 0 Å². The zero-order valence-electron chi connectivity index (χ0n) is 22.1. The number of benzene rings is 1. The zero-order valence-corrected chi connectivity index (χ0v) is 22.1. The van der Waals surface area contributed by atoms with Crippen LogP contribution in [0.3, 0.4) is 0 Å². The third-order valence-corrected chi connectivity index (χ3v) is 7.96. The first-order valence-corrected chi connectivity index (χ1v) is 14.2. The lowest BCUT2D eigenvalue weighted by Gasteiger charge is -2.28. The van der Waals surface area contributed by atoms with Crippen LogP contribution < -0.4 is 15.5 Å². The number of fused-ring (bicyclic) bond motifs is 1. The number of carbonyl (C=O) groups is 1. The molecule has 1 aliphatic carbocycles. The minimum Gasteiger partial charge on any atom is -0.378 e. The molecule has 2 N–H and O–H groups in total. The predicted octanol–water partition coefficient (Wildman–Crippen LogP) is 4.34. The van der Waals surface area contributed by atoms with E-state index in [0.29, 0.717) is 18.4 Å². The average molecular weight is 519 g/mol. The fourth-order valence-corrected chi connectivity index (χ4v) is 5.85. The van der Waals surface area contributed by atoms with Crippen molar-refractivity contribution in [3.63, 3.8) is 0 Å². The fourth-order valence-electron chi connectivity index (χ4n) is 5.85. The summed E-state index contributed by atoms with van der Waals surface area (Å²) in [6.45, 7) is 5.74. The van der Waals surface area contributed by atoms with E-state index in [-0.39, 0.29) is 5.91 Å². The minimum absolute atomic E-state index is 0.270. The Labute approximate surface area is 223 Å². The molecule has 1 saturated carbocycles. The number of hydrogen-bond donors (Lipinski definition) is 2. The third kappa shape index (κ3) is 5.55. The van der Waals surface area contributed by atoms with Gasteiger partial charge in [-0.2, -0.15) is 9.97 Å². The van der Waals surface area contributed by atoms with E-state index >= 15 is 0 Å². The normalized spacial score (nSPS) is 18.9. The summed E-state index contributed by atoms with van der Waals surface area (Å²) in [5.74, 6) is 1.57. The molecule has 0 bridgehead atoms. The molecule has 38 heavy (non-hydrogen) atoms. The monoisotopic (exact) mass is 518 g/mol. The highest BCUT2D eigenvalue weighted by Gasteiger charge is 2.22. The van der Waals surface area contributed by atoms with E-state index in [0.717, 1.165) is 94.3 Å².